The summed E-state index contributed by atoms with van der Waals surface area (Å²) in [7, 11) is -2.14. The summed E-state index contributed by atoms with van der Waals surface area (Å²) < 4.78 is 27.2. The van der Waals surface area contributed by atoms with Crippen molar-refractivity contribution in [1.82, 2.24) is 5.32 Å². The van der Waals surface area contributed by atoms with Gasteiger partial charge in [-0.15, -0.1) is 0 Å². The first kappa shape index (κ1) is 15.8. The smallest absolute Gasteiger partial charge is 0.261 e. The molecule has 0 unspecified atom stereocenters. The Labute approximate surface area is 129 Å². The predicted molar refractivity (Wildman–Crippen MR) is 86.8 cm³/mol. The maximum atomic E-state index is 12.3. The summed E-state index contributed by atoms with van der Waals surface area (Å²) >= 11 is 0. The number of carbonyl (C=O) groups is 1. The van der Waals surface area contributed by atoms with Crippen LogP contribution >= 0.6 is 0 Å². The number of amides is 1. The van der Waals surface area contributed by atoms with Crippen LogP contribution in [0.15, 0.2) is 65.6 Å². The van der Waals surface area contributed by atoms with E-state index in [9.17, 15) is 13.2 Å². The number of rotatable bonds is 5. The number of hydrogen-bond donors (Lipinski definition) is 2. The molecule has 0 aromatic heterocycles. The third kappa shape index (κ3) is 4.20. The number of likely N-dealkylation sites (N-methyl/N-ethyl adjacent to an activating group) is 1. The lowest BCUT2D eigenvalue weighted by Gasteiger charge is -2.08. The number of anilines is 1. The second kappa shape index (κ2) is 6.91. The van der Waals surface area contributed by atoms with Gasteiger partial charge in [-0.05, 0) is 35.9 Å². The van der Waals surface area contributed by atoms with Crippen LogP contribution in [0.5, 0.6) is 0 Å². The molecular weight excluding hydrogens is 300 g/mol. The van der Waals surface area contributed by atoms with Crippen molar-refractivity contribution in [3.8, 4) is 0 Å². The summed E-state index contributed by atoms with van der Waals surface area (Å²) in [5.41, 5.74) is 1.12. The Kier molecular flexibility index (Phi) is 4.95. The molecule has 0 atom stereocenters. The van der Waals surface area contributed by atoms with Gasteiger partial charge in [-0.25, -0.2) is 8.42 Å². The van der Waals surface area contributed by atoms with Crippen molar-refractivity contribution in [1.29, 1.82) is 0 Å². The van der Waals surface area contributed by atoms with E-state index >= 15 is 0 Å². The average Bonchev–Trinajstić information content (AvgIpc) is 2.53. The van der Waals surface area contributed by atoms with E-state index < -0.39 is 10.0 Å². The van der Waals surface area contributed by atoms with E-state index in [4.69, 9.17) is 0 Å². The Bertz CT molecular complexity index is 784. The van der Waals surface area contributed by atoms with Crippen molar-refractivity contribution in [3.05, 3.63) is 66.2 Å². The molecule has 22 heavy (non-hydrogen) atoms. The quantitative estimate of drug-likeness (QED) is 0.831. The van der Waals surface area contributed by atoms with Gasteiger partial charge in [-0.2, -0.15) is 0 Å². The van der Waals surface area contributed by atoms with Crippen molar-refractivity contribution in [2.75, 3.05) is 11.8 Å². The SMILES string of the molecule is CNC(=O)/C=C/c1cccc(S(=O)(=O)Nc2ccccc2)c1. The van der Waals surface area contributed by atoms with Crippen molar-refractivity contribution in [3.63, 3.8) is 0 Å². The van der Waals surface area contributed by atoms with E-state index in [1.54, 1.807) is 42.5 Å². The molecule has 0 heterocycles. The fraction of sp³-hybridized carbons (Fsp3) is 0.0625. The third-order valence-corrected chi connectivity index (χ3v) is 4.25. The van der Waals surface area contributed by atoms with Gasteiger partial charge in [0.15, 0.2) is 0 Å². The number of carbonyl (C=O) groups excluding carboxylic acids is 1. The Morgan fingerprint density at radius 2 is 1.77 bits per heavy atom. The van der Waals surface area contributed by atoms with Crippen LogP contribution in [-0.4, -0.2) is 21.4 Å². The highest BCUT2D eigenvalue weighted by atomic mass is 32.2. The lowest BCUT2D eigenvalue weighted by atomic mass is 10.2. The molecule has 0 fully saturated rings. The molecule has 1 amide bonds. The van der Waals surface area contributed by atoms with Gasteiger partial charge < -0.3 is 5.32 Å². The van der Waals surface area contributed by atoms with Crippen LogP contribution in [0.2, 0.25) is 0 Å². The highest BCUT2D eigenvalue weighted by Crippen LogP contribution is 2.17. The molecule has 2 rings (SSSR count). The molecule has 2 N–H and O–H groups in total. The first-order valence-corrected chi connectivity index (χ1v) is 8.07. The summed E-state index contributed by atoms with van der Waals surface area (Å²) in [6.45, 7) is 0. The summed E-state index contributed by atoms with van der Waals surface area (Å²) in [6.07, 6.45) is 2.90. The van der Waals surface area contributed by atoms with Crippen LogP contribution in [0.3, 0.4) is 0 Å². The molecule has 0 radical (unpaired) electrons. The van der Waals surface area contributed by atoms with E-state index in [0.29, 0.717) is 11.3 Å². The molecule has 0 saturated heterocycles. The largest absolute Gasteiger partial charge is 0.356 e. The molecule has 2 aromatic rings. The molecule has 0 aliphatic heterocycles. The Balaban J connectivity index is 2.25. The molecule has 0 aliphatic carbocycles. The van der Waals surface area contributed by atoms with E-state index in [-0.39, 0.29) is 10.8 Å². The molecular formula is C16H16N2O3S. The van der Waals surface area contributed by atoms with Crippen LogP contribution < -0.4 is 10.0 Å². The number of para-hydroxylation sites is 1. The highest BCUT2D eigenvalue weighted by molar-refractivity contribution is 7.92. The molecule has 2 aromatic carbocycles. The summed E-state index contributed by atoms with van der Waals surface area (Å²) in [5.74, 6) is -0.254. The summed E-state index contributed by atoms with van der Waals surface area (Å²) in [5, 5.41) is 2.46. The molecule has 6 heteroatoms. The van der Waals surface area contributed by atoms with Crippen LogP contribution in [0, 0.1) is 0 Å². The molecule has 0 bridgehead atoms. The van der Waals surface area contributed by atoms with E-state index in [0.717, 1.165) is 0 Å². The standard InChI is InChI=1S/C16H16N2O3S/c1-17-16(19)11-10-13-6-5-9-15(12-13)22(20,21)18-14-7-3-2-4-8-14/h2-12,18H,1H3,(H,17,19)/b11-10+. The fourth-order valence-corrected chi connectivity index (χ4v) is 2.87. The predicted octanol–water partition coefficient (Wildman–Crippen LogP) is 2.25. The average molecular weight is 316 g/mol. The van der Waals surface area contributed by atoms with Crippen LogP contribution in [0.25, 0.3) is 6.08 Å². The number of benzene rings is 2. The van der Waals surface area contributed by atoms with Gasteiger partial charge in [0, 0.05) is 18.8 Å². The lowest BCUT2D eigenvalue weighted by Crippen LogP contribution is -2.14. The summed E-state index contributed by atoms with van der Waals surface area (Å²) in [4.78, 5) is 11.3. The minimum Gasteiger partial charge on any atom is -0.356 e. The zero-order valence-electron chi connectivity index (χ0n) is 12.0. The van der Waals surface area contributed by atoms with Gasteiger partial charge in [0.05, 0.1) is 4.90 Å². The topological polar surface area (TPSA) is 75.3 Å². The molecule has 5 nitrogen and oxygen atoms in total. The van der Waals surface area contributed by atoms with Crippen LogP contribution in [-0.2, 0) is 14.8 Å². The summed E-state index contributed by atoms with van der Waals surface area (Å²) in [6, 6.07) is 15.0. The van der Waals surface area contributed by atoms with E-state index in [1.807, 2.05) is 6.07 Å². The second-order valence-corrected chi connectivity index (χ2v) is 6.17. The Hall–Kier alpha value is -2.60. The van der Waals surface area contributed by atoms with Crippen LogP contribution in [0.4, 0.5) is 5.69 Å². The zero-order chi connectivity index (χ0) is 16.0. The van der Waals surface area contributed by atoms with Gasteiger partial charge in [0.1, 0.15) is 0 Å². The zero-order valence-corrected chi connectivity index (χ0v) is 12.8. The minimum absolute atomic E-state index is 0.135. The molecule has 0 spiro atoms. The first-order chi connectivity index (χ1) is 10.5. The number of hydrogen-bond acceptors (Lipinski definition) is 3. The van der Waals surface area contributed by atoms with E-state index in [1.165, 1.54) is 25.3 Å². The Morgan fingerprint density at radius 3 is 2.45 bits per heavy atom. The fourth-order valence-electron chi connectivity index (χ4n) is 1.76. The van der Waals surface area contributed by atoms with Gasteiger partial charge >= 0.3 is 0 Å². The number of nitrogens with one attached hydrogen (secondary N) is 2. The Morgan fingerprint density at radius 1 is 1.05 bits per heavy atom. The van der Waals surface area contributed by atoms with Gasteiger partial charge in [0.25, 0.3) is 10.0 Å². The van der Waals surface area contributed by atoms with Crippen LogP contribution in [0.1, 0.15) is 5.56 Å². The number of sulfonamides is 1. The third-order valence-electron chi connectivity index (χ3n) is 2.87. The van der Waals surface area contributed by atoms with Gasteiger partial charge in [0.2, 0.25) is 5.91 Å². The second-order valence-electron chi connectivity index (χ2n) is 4.49. The van der Waals surface area contributed by atoms with Crippen molar-refractivity contribution < 1.29 is 13.2 Å². The van der Waals surface area contributed by atoms with Gasteiger partial charge in [-0.3, -0.25) is 9.52 Å². The molecule has 0 aliphatic rings. The monoisotopic (exact) mass is 316 g/mol. The maximum absolute atomic E-state index is 12.3. The first-order valence-electron chi connectivity index (χ1n) is 6.59. The van der Waals surface area contributed by atoms with Gasteiger partial charge in [-0.1, -0.05) is 30.3 Å². The molecule has 114 valence electrons. The minimum atomic E-state index is -3.66. The highest BCUT2D eigenvalue weighted by Gasteiger charge is 2.13. The lowest BCUT2D eigenvalue weighted by molar-refractivity contribution is -0.115. The van der Waals surface area contributed by atoms with Crippen molar-refractivity contribution in [2.24, 2.45) is 0 Å². The van der Waals surface area contributed by atoms with Crippen molar-refractivity contribution >= 4 is 27.7 Å². The van der Waals surface area contributed by atoms with E-state index in [2.05, 4.69) is 10.0 Å². The normalized spacial score (nSPS) is 11.3. The van der Waals surface area contributed by atoms with Crippen molar-refractivity contribution in [2.45, 2.75) is 4.90 Å². The molecule has 0 saturated carbocycles. The maximum Gasteiger partial charge on any atom is 0.261 e.